The van der Waals surface area contributed by atoms with E-state index in [4.69, 9.17) is 0 Å². The molecule has 1 aliphatic heterocycles. The third-order valence-corrected chi connectivity index (χ3v) is 5.15. The molecule has 1 N–H and O–H groups in total. The number of aromatic nitrogens is 2. The van der Waals surface area contributed by atoms with Gasteiger partial charge in [0, 0.05) is 26.3 Å². The monoisotopic (exact) mass is 302 g/mol. The lowest BCUT2D eigenvalue weighted by Gasteiger charge is -2.30. The van der Waals surface area contributed by atoms with Gasteiger partial charge in [0.2, 0.25) is 5.91 Å². The molecule has 0 saturated carbocycles. The van der Waals surface area contributed by atoms with Crippen molar-refractivity contribution in [3.8, 4) is 0 Å². The van der Waals surface area contributed by atoms with Gasteiger partial charge in [0.15, 0.2) is 0 Å². The minimum absolute atomic E-state index is 0.0536. The fourth-order valence-electron chi connectivity index (χ4n) is 3.68. The van der Waals surface area contributed by atoms with Crippen LogP contribution in [0.15, 0.2) is 24.0 Å². The lowest BCUT2D eigenvalue weighted by molar-refractivity contribution is -0.118. The highest BCUT2D eigenvalue weighted by Crippen LogP contribution is 2.30. The normalized spacial score (nSPS) is 29.0. The molecule has 3 atom stereocenters. The second-order valence-corrected chi connectivity index (χ2v) is 6.72. The van der Waals surface area contributed by atoms with E-state index in [-0.39, 0.29) is 11.9 Å². The van der Waals surface area contributed by atoms with Crippen LogP contribution in [0.1, 0.15) is 33.1 Å². The van der Waals surface area contributed by atoms with Gasteiger partial charge in [0.25, 0.3) is 0 Å². The maximum Gasteiger partial charge on any atom is 0.244 e. The lowest BCUT2D eigenvalue weighted by Crippen LogP contribution is -2.42. The average Bonchev–Trinajstić information content (AvgIpc) is 3.05. The molecule has 1 aliphatic carbocycles. The van der Waals surface area contributed by atoms with Crippen LogP contribution in [0.5, 0.6) is 0 Å². The number of carbonyl (C=O) groups excluding carboxylic acids is 1. The molecule has 1 fully saturated rings. The first kappa shape index (κ1) is 15.3. The molecule has 2 heterocycles. The third kappa shape index (κ3) is 2.95. The smallest absolute Gasteiger partial charge is 0.244 e. The zero-order chi connectivity index (χ0) is 15.7. The fourth-order valence-corrected chi connectivity index (χ4v) is 3.68. The van der Waals surface area contributed by atoms with E-state index in [0.717, 1.165) is 25.2 Å². The summed E-state index contributed by atoms with van der Waals surface area (Å²) in [6.07, 6.45) is 9.33. The van der Waals surface area contributed by atoms with Crippen molar-refractivity contribution in [3.05, 3.63) is 24.0 Å². The molecule has 0 radical (unpaired) electrons. The minimum Gasteiger partial charge on any atom is -0.308 e. The molecule has 3 rings (SSSR count). The highest BCUT2D eigenvalue weighted by Gasteiger charge is 2.34. The molecular weight excluding hydrogens is 276 g/mol. The first-order chi connectivity index (χ1) is 10.6. The Morgan fingerprint density at radius 2 is 2.23 bits per heavy atom. The average molecular weight is 302 g/mol. The van der Waals surface area contributed by atoms with E-state index in [9.17, 15) is 4.79 Å². The van der Waals surface area contributed by atoms with Crippen LogP contribution >= 0.6 is 0 Å². The zero-order valence-electron chi connectivity index (χ0n) is 13.7. The Balaban J connectivity index is 1.59. The molecule has 1 aromatic rings. The Kier molecular flexibility index (Phi) is 4.34. The molecular formula is C17H26N4O. The second kappa shape index (κ2) is 6.24. The predicted octanol–water partition coefficient (Wildman–Crippen LogP) is 2.11. The van der Waals surface area contributed by atoms with Crippen molar-refractivity contribution in [1.29, 1.82) is 0 Å². The Morgan fingerprint density at radius 3 is 2.91 bits per heavy atom. The van der Waals surface area contributed by atoms with E-state index in [0.29, 0.717) is 11.8 Å². The van der Waals surface area contributed by atoms with Gasteiger partial charge in [-0.1, -0.05) is 18.6 Å². The molecule has 3 unspecified atom stereocenters. The Morgan fingerprint density at radius 1 is 1.41 bits per heavy atom. The number of allylic oxidation sites excluding steroid dienone is 1. The molecule has 0 spiro atoms. The van der Waals surface area contributed by atoms with Gasteiger partial charge < -0.3 is 10.2 Å². The van der Waals surface area contributed by atoms with Crippen LogP contribution in [-0.4, -0.2) is 34.8 Å². The zero-order valence-corrected chi connectivity index (χ0v) is 13.7. The number of amides is 1. The minimum atomic E-state index is -0.0536. The van der Waals surface area contributed by atoms with Crippen LogP contribution in [0.25, 0.3) is 0 Å². The molecule has 120 valence electrons. The quantitative estimate of drug-likeness (QED) is 0.867. The standard InChI is InChI=1S/C17H26N4O/c1-12-5-4-6-13(2)15(12)10-18-16-7-8-21(17(16)22)14-9-19-20(3)11-14/h5,9,11,13,15-16,18H,4,6-8,10H2,1-3H3. The third-order valence-electron chi connectivity index (χ3n) is 5.15. The number of aryl methyl sites for hydroxylation is 1. The Bertz CT molecular complexity index is 577. The summed E-state index contributed by atoms with van der Waals surface area (Å²) in [5.74, 6) is 1.44. The number of hydrogen-bond acceptors (Lipinski definition) is 3. The van der Waals surface area contributed by atoms with Gasteiger partial charge in [0.1, 0.15) is 0 Å². The van der Waals surface area contributed by atoms with Gasteiger partial charge in [-0.05, 0) is 38.0 Å². The van der Waals surface area contributed by atoms with E-state index < -0.39 is 0 Å². The van der Waals surface area contributed by atoms with Gasteiger partial charge in [-0.15, -0.1) is 0 Å². The molecule has 1 aromatic heterocycles. The summed E-state index contributed by atoms with van der Waals surface area (Å²) in [5, 5.41) is 7.66. The molecule has 5 nitrogen and oxygen atoms in total. The van der Waals surface area contributed by atoms with Gasteiger partial charge in [0.05, 0.1) is 17.9 Å². The van der Waals surface area contributed by atoms with Crippen molar-refractivity contribution in [1.82, 2.24) is 15.1 Å². The summed E-state index contributed by atoms with van der Waals surface area (Å²) in [6, 6.07) is -0.0536. The topological polar surface area (TPSA) is 50.2 Å². The van der Waals surface area contributed by atoms with E-state index in [1.165, 1.54) is 18.4 Å². The first-order valence-corrected chi connectivity index (χ1v) is 8.26. The maximum absolute atomic E-state index is 12.6. The highest BCUT2D eigenvalue weighted by molar-refractivity contribution is 5.99. The molecule has 0 aromatic carbocycles. The molecule has 1 saturated heterocycles. The summed E-state index contributed by atoms with van der Waals surface area (Å²) in [7, 11) is 1.87. The van der Waals surface area contributed by atoms with E-state index in [2.05, 4.69) is 30.3 Å². The van der Waals surface area contributed by atoms with Crippen molar-refractivity contribution in [2.45, 2.75) is 39.2 Å². The van der Waals surface area contributed by atoms with Crippen molar-refractivity contribution in [2.24, 2.45) is 18.9 Å². The maximum atomic E-state index is 12.6. The van der Waals surface area contributed by atoms with Gasteiger partial charge >= 0.3 is 0 Å². The van der Waals surface area contributed by atoms with Crippen LogP contribution in [0.2, 0.25) is 0 Å². The van der Waals surface area contributed by atoms with Crippen LogP contribution < -0.4 is 10.2 Å². The van der Waals surface area contributed by atoms with E-state index in [1.807, 2.05) is 18.1 Å². The summed E-state index contributed by atoms with van der Waals surface area (Å²) in [4.78, 5) is 14.4. The van der Waals surface area contributed by atoms with Crippen LogP contribution in [0, 0.1) is 11.8 Å². The summed E-state index contributed by atoms with van der Waals surface area (Å²) >= 11 is 0. The fraction of sp³-hybridized carbons (Fsp3) is 0.647. The number of hydrogen-bond donors (Lipinski definition) is 1. The van der Waals surface area contributed by atoms with Crippen LogP contribution in [0.3, 0.4) is 0 Å². The van der Waals surface area contributed by atoms with Crippen LogP contribution in [-0.2, 0) is 11.8 Å². The highest BCUT2D eigenvalue weighted by atomic mass is 16.2. The van der Waals surface area contributed by atoms with Gasteiger partial charge in [-0.2, -0.15) is 5.10 Å². The number of nitrogens with one attached hydrogen (secondary N) is 1. The SMILES string of the molecule is CC1=CCCC(C)C1CNC1CCN(c2cnn(C)c2)C1=O. The largest absolute Gasteiger partial charge is 0.308 e. The molecule has 5 heteroatoms. The van der Waals surface area contributed by atoms with E-state index in [1.54, 1.807) is 10.9 Å². The number of nitrogens with zero attached hydrogens (tertiary/aromatic N) is 3. The summed E-state index contributed by atoms with van der Waals surface area (Å²) in [5.41, 5.74) is 2.37. The van der Waals surface area contributed by atoms with Gasteiger partial charge in [-0.3, -0.25) is 9.48 Å². The number of anilines is 1. The molecule has 2 aliphatic rings. The van der Waals surface area contributed by atoms with Crippen molar-refractivity contribution in [3.63, 3.8) is 0 Å². The van der Waals surface area contributed by atoms with Crippen molar-refractivity contribution in [2.75, 3.05) is 18.0 Å². The lowest BCUT2D eigenvalue weighted by atomic mass is 9.80. The van der Waals surface area contributed by atoms with Gasteiger partial charge in [-0.25, -0.2) is 0 Å². The Hall–Kier alpha value is -1.62. The second-order valence-electron chi connectivity index (χ2n) is 6.72. The molecule has 0 bridgehead atoms. The first-order valence-electron chi connectivity index (χ1n) is 8.26. The molecule has 22 heavy (non-hydrogen) atoms. The Labute approximate surface area is 132 Å². The summed E-state index contributed by atoms with van der Waals surface area (Å²) < 4.78 is 1.74. The molecule has 1 amide bonds. The predicted molar refractivity (Wildman–Crippen MR) is 87.6 cm³/mol. The van der Waals surface area contributed by atoms with Crippen LogP contribution in [0.4, 0.5) is 5.69 Å². The van der Waals surface area contributed by atoms with E-state index >= 15 is 0 Å². The van der Waals surface area contributed by atoms with Crippen molar-refractivity contribution >= 4 is 11.6 Å². The van der Waals surface area contributed by atoms with Crippen molar-refractivity contribution < 1.29 is 4.79 Å². The number of carbonyl (C=O) groups is 1. The number of rotatable bonds is 4. The summed E-state index contributed by atoms with van der Waals surface area (Å²) in [6.45, 7) is 6.22.